The largest absolute Gasteiger partial charge is 0.463 e. The molecule has 2 fully saturated rings. The molecule has 1 saturated carbocycles. The first-order valence-electron chi connectivity index (χ1n) is 7.86. The number of carbonyl (C=O) groups excluding carboxylic acids is 2. The summed E-state index contributed by atoms with van der Waals surface area (Å²) in [7, 11) is 0. The SMILES string of the molecule is CC(=O)OC[C@]12CC[C@@H]3[C@H](C=C(C=O)CC[C@H]1O2)C3(C)C. The zero-order chi connectivity index (χ0) is 15.3. The van der Waals surface area contributed by atoms with Crippen LogP contribution in [0, 0.1) is 17.3 Å². The number of rotatable bonds is 3. The molecule has 0 aromatic heterocycles. The van der Waals surface area contributed by atoms with E-state index in [1.807, 2.05) is 0 Å². The van der Waals surface area contributed by atoms with Gasteiger partial charge in [0.15, 0.2) is 0 Å². The quantitative estimate of drug-likeness (QED) is 0.456. The van der Waals surface area contributed by atoms with Gasteiger partial charge in [-0.2, -0.15) is 0 Å². The maximum Gasteiger partial charge on any atom is 0.302 e. The van der Waals surface area contributed by atoms with Crippen LogP contribution in [0.15, 0.2) is 11.6 Å². The van der Waals surface area contributed by atoms with Gasteiger partial charge in [-0.25, -0.2) is 0 Å². The predicted molar refractivity (Wildman–Crippen MR) is 77.6 cm³/mol. The third-order valence-corrected chi connectivity index (χ3v) is 5.68. The average Bonchev–Trinajstić information content (AvgIpc) is 3.26. The van der Waals surface area contributed by atoms with Crippen LogP contribution in [0.1, 0.15) is 46.5 Å². The number of epoxide rings is 1. The molecule has 4 heteroatoms. The van der Waals surface area contributed by atoms with Crippen molar-refractivity contribution in [3.05, 3.63) is 11.6 Å². The molecule has 0 amide bonds. The third kappa shape index (κ3) is 2.66. The highest BCUT2D eigenvalue weighted by Crippen LogP contribution is 2.63. The lowest BCUT2D eigenvalue weighted by Crippen LogP contribution is -2.25. The highest BCUT2D eigenvalue weighted by Gasteiger charge is 2.61. The minimum atomic E-state index is -0.291. The van der Waals surface area contributed by atoms with Gasteiger partial charge in [0, 0.05) is 6.92 Å². The van der Waals surface area contributed by atoms with E-state index in [1.54, 1.807) is 0 Å². The van der Waals surface area contributed by atoms with Gasteiger partial charge >= 0.3 is 5.97 Å². The summed E-state index contributed by atoms with van der Waals surface area (Å²) in [6.45, 7) is 6.32. The van der Waals surface area contributed by atoms with Gasteiger partial charge in [-0.05, 0) is 48.5 Å². The Kier molecular flexibility index (Phi) is 3.47. The molecule has 0 N–H and O–H groups in total. The van der Waals surface area contributed by atoms with Crippen LogP contribution >= 0.6 is 0 Å². The monoisotopic (exact) mass is 292 g/mol. The van der Waals surface area contributed by atoms with E-state index < -0.39 is 0 Å². The number of fused-ring (bicyclic) bond motifs is 2. The van der Waals surface area contributed by atoms with E-state index in [1.165, 1.54) is 6.92 Å². The first-order chi connectivity index (χ1) is 9.89. The Morgan fingerprint density at radius 2 is 2.24 bits per heavy atom. The summed E-state index contributed by atoms with van der Waals surface area (Å²) >= 11 is 0. The summed E-state index contributed by atoms with van der Waals surface area (Å²) in [5.41, 5.74) is 0.876. The standard InChI is InChI=1S/C17H24O4/c1-11(19)20-10-17-7-6-13-14(16(13,2)3)8-12(9-18)4-5-15(17)21-17/h8-9,13-15H,4-7,10H2,1-3H3/t13-,14+,15-,17-/m1/s1. The van der Waals surface area contributed by atoms with Crippen molar-refractivity contribution in [1.29, 1.82) is 0 Å². The van der Waals surface area contributed by atoms with Crippen molar-refractivity contribution in [2.24, 2.45) is 17.3 Å². The second kappa shape index (κ2) is 4.94. The summed E-state index contributed by atoms with van der Waals surface area (Å²) in [6, 6.07) is 0. The molecule has 2 aliphatic carbocycles. The van der Waals surface area contributed by atoms with Crippen molar-refractivity contribution >= 4 is 12.3 Å². The maximum absolute atomic E-state index is 11.2. The van der Waals surface area contributed by atoms with Crippen molar-refractivity contribution in [3.63, 3.8) is 0 Å². The number of hydrogen-bond donors (Lipinski definition) is 0. The molecule has 0 spiro atoms. The van der Waals surface area contributed by atoms with Crippen molar-refractivity contribution in [2.75, 3.05) is 6.61 Å². The van der Waals surface area contributed by atoms with Gasteiger partial charge < -0.3 is 9.47 Å². The fourth-order valence-electron chi connectivity index (χ4n) is 3.99. The molecule has 0 radical (unpaired) electrons. The second-order valence-corrected chi connectivity index (χ2v) is 7.34. The van der Waals surface area contributed by atoms with Crippen LogP contribution in [0.3, 0.4) is 0 Å². The lowest BCUT2D eigenvalue weighted by Gasteiger charge is -2.14. The molecule has 1 aliphatic heterocycles. The Morgan fingerprint density at radius 1 is 1.48 bits per heavy atom. The second-order valence-electron chi connectivity index (χ2n) is 7.34. The van der Waals surface area contributed by atoms with Gasteiger partial charge in [0.1, 0.15) is 18.5 Å². The van der Waals surface area contributed by atoms with Crippen LogP contribution in [0.4, 0.5) is 0 Å². The van der Waals surface area contributed by atoms with Crippen LogP contribution in [-0.2, 0) is 19.1 Å². The summed E-state index contributed by atoms with van der Waals surface area (Å²) in [5.74, 6) is 0.845. The lowest BCUT2D eigenvalue weighted by atomic mass is 9.92. The number of ether oxygens (including phenoxy) is 2. The number of esters is 1. The summed E-state index contributed by atoms with van der Waals surface area (Å²) in [5, 5.41) is 0. The normalized spacial score (nSPS) is 40.1. The molecule has 0 bridgehead atoms. The zero-order valence-corrected chi connectivity index (χ0v) is 13.1. The lowest BCUT2D eigenvalue weighted by molar-refractivity contribution is -0.142. The summed E-state index contributed by atoms with van der Waals surface area (Å²) in [4.78, 5) is 22.3. The highest BCUT2D eigenvalue weighted by molar-refractivity contribution is 5.73. The molecular weight excluding hydrogens is 268 g/mol. The summed E-state index contributed by atoms with van der Waals surface area (Å²) in [6.07, 6.45) is 6.90. The van der Waals surface area contributed by atoms with E-state index in [0.29, 0.717) is 18.4 Å². The first-order valence-corrected chi connectivity index (χ1v) is 7.86. The van der Waals surface area contributed by atoms with Gasteiger partial charge in [-0.3, -0.25) is 9.59 Å². The molecule has 1 saturated heterocycles. The molecule has 0 aromatic rings. The van der Waals surface area contributed by atoms with Gasteiger partial charge in [0.2, 0.25) is 0 Å². The maximum atomic E-state index is 11.2. The van der Waals surface area contributed by atoms with Gasteiger partial charge in [-0.15, -0.1) is 0 Å². The van der Waals surface area contributed by atoms with E-state index in [2.05, 4.69) is 19.9 Å². The van der Waals surface area contributed by atoms with Crippen molar-refractivity contribution in [1.82, 2.24) is 0 Å². The minimum absolute atomic E-state index is 0.124. The molecule has 4 nitrogen and oxygen atoms in total. The van der Waals surface area contributed by atoms with Crippen molar-refractivity contribution < 1.29 is 19.1 Å². The molecule has 1 heterocycles. The van der Waals surface area contributed by atoms with E-state index in [4.69, 9.17) is 9.47 Å². The Morgan fingerprint density at radius 3 is 2.90 bits per heavy atom. The van der Waals surface area contributed by atoms with Crippen LogP contribution in [-0.4, -0.2) is 30.6 Å². The molecule has 0 aromatic carbocycles. The number of aldehydes is 1. The fourth-order valence-corrected chi connectivity index (χ4v) is 3.99. The fraction of sp³-hybridized carbons (Fsp3) is 0.765. The topological polar surface area (TPSA) is 55.9 Å². The van der Waals surface area contributed by atoms with Gasteiger partial charge in [-0.1, -0.05) is 19.9 Å². The number of hydrogen-bond acceptors (Lipinski definition) is 4. The summed E-state index contributed by atoms with van der Waals surface area (Å²) < 4.78 is 11.1. The first kappa shape index (κ1) is 14.8. The van der Waals surface area contributed by atoms with Gasteiger partial charge in [0.05, 0.1) is 6.10 Å². The van der Waals surface area contributed by atoms with Crippen molar-refractivity contribution in [2.45, 2.75) is 58.2 Å². The van der Waals surface area contributed by atoms with Crippen LogP contribution in [0.5, 0.6) is 0 Å². The van der Waals surface area contributed by atoms with Crippen LogP contribution in [0.25, 0.3) is 0 Å². The Bertz CT molecular complexity index is 493. The number of allylic oxidation sites excluding steroid dienone is 2. The molecule has 4 atom stereocenters. The minimum Gasteiger partial charge on any atom is -0.463 e. The molecule has 3 aliphatic rings. The van der Waals surface area contributed by atoms with E-state index in [0.717, 1.165) is 37.5 Å². The van der Waals surface area contributed by atoms with E-state index in [-0.39, 0.29) is 23.1 Å². The molecular formula is C17H24O4. The van der Waals surface area contributed by atoms with Crippen LogP contribution < -0.4 is 0 Å². The Labute approximate surface area is 125 Å². The van der Waals surface area contributed by atoms with E-state index in [9.17, 15) is 9.59 Å². The van der Waals surface area contributed by atoms with E-state index >= 15 is 0 Å². The number of carbonyl (C=O) groups is 2. The smallest absolute Gasteiger partial charge is 0.302 e. The molecule has 3 rings (SSSR count). The van der Waals surface area contributed by atoms with Gasteiger partial charge in [0.25, 0.3) is 0 Å². The predicted octanol–water partition coefficient (Wildman–Crippen LogP) is 2.66. The average molecular weight is 292 g/mol. The highest BCUT2D eigenvalue weighted by atomic mass is 16.6. The Balaban J connectivity index is 1.73. The zero-order valence-electron chi connectivity index (χ0n) is 13.1. The third-order valence-electron chi connectivity index (χ3n) is 5.68. The molecule has 0 unspecified atom stereocenters. The Hall–Kier alpha value is -1.16. The molecule has 116 valence electrons. The van der Waals surface area contributed by atoms with Crippen molar-refractivity contribution in [3.8, 4) is 0 Å². The van der Waals surface area contributed by atoms with Crippen LogP contribution in [0.2, 0.25) is 0 Å². The molecule has 21 heavy (non-hydrogen) atoms.